The molecule has 1 rings (SSSR count). The van der Waals surface area contributed by atoms with Gasteiger partial charge in [0.25, 0.3) is 0 Å². The molecule has 0 aromatic heterocycles. The average Bonchev–Trinajstić information content (AvgIpc) is 2.26. The molecule has 0 spiro atoms. The van der Waals surface area contributed by atoms with Crippen LogP contribution in [0.4, 0.5) is 0 Å². The first-order chi connectivity index (χ1) is 8.08. The number of halogens is 1. The van der Waals surface area contributed by atoms with Crippen LogP contribution in [0.1, 0.15) is 33.1 Å². The van der Waals surface area contributed by atoms with Gasteiger partial charge in [0, 0.05) is 11.4 Å². The molecule has 1 aromatic carbocycles. The second-order valence-electron chi connectivity index (χ2n) is 4.57. The monoisotopic (exact) mass is 254 g/mol. The highest BCUT2D eigenvalue weighted by molar-refractivity contribution is 6.30. The molecule has 17 heavy (non-hydrogen) atoms. The molecule has 94 valence electrons. The number of hydrogen-bond acceptors (Lipinski definition) is 2. The molecular weight excluding hydrogens is 236 g/mol. The SMILES string of the molecule is CC(C)CCCC(=O)COc1cccc(Cl)c1. The highest BCUT2D eigenvalue weighted by atomic mass is 35.5. The van der Waals surface area contributed by atoms with Crippen molar-refractivity contribution in [2.45, 2.75) is 33.1 Å². The lowest BCUT2D eigenvalue weighted by atomic mass is 10.1. The van der Waals surface area contributed by atoms with Gasteiger partial charge < -0.3 is 4.74 Å². The first-order valence-corrected chi connectivity index (χ1v) is 6.36. The van der Waals surface area contributed by atoms with E-state index >= 15 is 0 Å². The summed E-state index contributed by atoms with van der Waals surface area (Å²) >= 11 is 5.81. The van der Waals surface area contributed by atoms with Gasteiger partial charge >= 0.3 is 0 Å². The molecule has 0 fully saturated rings. The highest BCUT2D eigenvalue weighted by Gasteiger charge is 2.04. The molecule has 0 saturated carbocycles. The molecule has 0 heterocycles. The summed E-state index contributed by atoms with van der Waals surface area (Å²) in [5.74, 6) is 1.44. The molecule has 0 unspecified atom stereocenters. The molecule has 0 saturated heterocycles. The standard InChI is InChI=1S/C14H19ClO2/c1-11(2)5-3-7-13(16)10-17-14-8-4-6-12(15)9-14/h4,6,8-9,11H,3,5,7,10H2,1-2H3. The van der Waals surface area contributed by atoms with Crippen LogP contribution in [-0.4, -0.2) is 12.4 Å². The molecule has 0 N–H and O–H groups in total. The third-order valence-electron chi connectivity index (χ3n) is 2.43. The van der Waals surface area contributed by atoms with Gasteiger partial charge in [0.2, 0.25) is 0 Å². The van der Waals surface area contributed by atoms with Crippen LogP contribution in [-0.2, 0) is 4.79 Å². The molecule has 0 aliphatic carbocycles. The van der Waals surface area contributed by atoms with Crippen molar-refractivity contribution >= 4 is 17.4 Å². The Bertz CT molecular complexity index is 361. The fourth-order valence-electron chi connectivity index (χ4n) is 1.50. The van der Waals surface area contributed by atoms with Crippen LogP contribution in [0.5, 0.6) is 5.75 Å². The number of rotatable bonds is 7. The maximum atomic E-state index is 11.5. The van der Waals surface area contributed by atoms with Gasteiger partial charge in [-0.3, -0.25) is 4.79 Å². The Morgan fingerprint density at radius 3 is 2.82 bits per heavy atom. The Hall–Kier alpha value is -1.02. The highest BCUT2D eigenvalue weighted by Crippen LogP contribution is 2.17. The van der Waals surface area contributed by atoms with Crippen LogP contribution in [0.25, 0.3) is 0 Å². The molecule has 0 aliphatic heterocycles. The number of carbonyl (C=O) groups is 1. The minimum Gasteiger partial charge on any atom is -0.486 e. The zero-order valence-electron chi connectivity index (χ0n) is 10.4. The molecule has 0 aliphatic rings. The lowest BCUT2D eigenvalue weighted by Gasteiger charge is -2.06. The van der Waals surface area contributed by atoms with Crippen LogP contribution in [0.2, 0.25) is 5.02 Å². The largest absolute Gasteiger partial charge is 0.486 e. The molecule has 0 bridgehead atoms. The lowest BCUT2D eigenvalue weighted by Crippen LogP contribution is -2.11. The topological polar surface area (TPSA) is 26.3 Å². The van der Waals surface area contributed by atoms with Crippen LogP contribution in [0.15, 0.2) is 24.3 Å². The van der Waals surface area contributed by atoms with E-state index in [2.05, 4.69) is 13.8 Å². The van der Waals surface area contributed by atoms with Gasteiger partial charge in [0.15, 0.2) is 5.78 Å². The van der Waals surface area contributed by atoms with Gasteiger partial charge in [-0.25, -0.2) is 0 Å². The Balaban J connectivity index is 2.24. The minimum absolute atomic E-state index is 0.137. The van der Waals surface area contributed by atoms with E-state index in [4.69, 9.17) is 16.3 Å². The minimum atomic E-state index is 0.137. The Morgan fingerprint density at radius 1 is 1.41 bits per heavy atom. The first-order valence-electron chi connectivity index (χ1n) is 5.98. The molecule has 1 aromatic rings. The van der Waals surface area contributed by atoms with Crippen molar-refractivity contribution in [1.82, 2.24) is 0 Å². The summed E-state index contributed by atoms with van der Waals surface area (Å²) in [6.07, 6.45) is 2.62. The Labute approximate surface area is 108 Å². The van der Waals surface area contributed by atoms with Crippen molar-refractivity contribution in [3.63, 3.8) is 0 Å². The maximum Gasteiger partial charge on any atom is 0.170 e. The number of benzene rings is 1. The third-order valence-corrected chi connectivity index (χ3v) is 2.67. The number of hydrogen-bond donors (Lipinski definition) is 0. The Morgan fingerprint density at radius 2 is 2.18 bits per heavy atom. The van der Waals surface area contributed by atoms with Crippen molar-refractivity contribution in [2.24, 2.45) is 5.92 Å². The maximum absolute atomic E-state index is 11.5. The zero-order valence-corrected chi connectivity index (χ0v) is 11.2. The van der Waals surface area contributed by atoms with Gasteiger partial charge in [0.1, 0.15) is 12.4 Å². The van der Waals surface area contributed by atoms with E-state index in [0.29, 0.717) is 23.1 Å². The van der Waals surface area contributed by atoms with Crippen molar-refractivity contribution < 1.29 is 9.53 Å². The lowest BCUT2D eigenvalue weighted by molar-refractivity contribution is -0.121. The molecule has 2 nitrogen and oxygen atoms in total. The second kappa shape index (κ2) is 7.33. The summed E-state index contributed by atoms with van der Waals surface area (Å²) < 4.78 is 5.37. The van der Waals surface area contributed by atoms with E-state index in [1.165, 1.54) is 0 Å². The average molecular weight is 255 g/mol. The summed E-state index contributed by atoms with van der Waals surface area (Å²) in [7, 11) is 0. The van der Waals surface area contributed by atoms with Crippen LogP contribution in [0.3, 0.4) is 0 Å². The third kappa shape index (κ3) is 6.32. The predicted molar refractivity (Wildman–Crippen MR) is 70.6 cm³/mol. The van der Waals surface area contributed by atoms with E-state index in [-0.39, 0.29) is 12.4 Å². The number of Topliss-reactive ketones (excluding diaryl/α,β-unsaturated/α-hetero) is 1. The number of ether oxygens (including phenoxy) is 1. The first kappa shape index (κ1) is 14.0. The van der Waals surface area contributed by atoms with Crippen molar-refractivity contribution in [1.29, 1.82) is 0 Å². The Kier molecular flexibility index (Phi) is 6.06. The number of carbonyl (C=O) groups excluding carboxylic acids is 1. The quantitative estimate of drug-likeness (QED) is 0.732. The van der Waals surface area contributed by atoms with Gasteiger partial charge in [-0.15, -0.1) is 0 Å². The molecular formula is C14H19ClO2. The van der Waals surface area contributed by atoms with E-state index in [1.807, 2.05) is 0 Å². The summed E-state index contributed by atoms with van der Waals surface area (Å²) in [6.45, 7) is 4.46. The zero-order chi connectivity index (χ0) is 12.7. The summed E-state index contributed by atoms with van der Waals surface area (Å²) in [5, 5.41) is 0.620. The summed E-state index contributed by atoms with van der Waals surface area (Å²) in [6, 6.07) is 7.09. The van der Waals surface area contributed by atoms with Gasteiger partial charge in [-0.1, -0.05) is 37.9 Å². The van der Waals surface area contributed by atoms with Crippen molar-refractivity contribution in [3.05, 3.63) is 29.3 Å². The van der Waals surface area contributed by atoms with Gasteiger partial charge in [0.05, 0.1) is 0 Å². The molecule has 0 amide bonds. The van der Waals surface area contributed by atoms with Crippen LogP contribution in [0, 0.1) is 5.92 Å². The van der Waals surface area contributed by atoms with E-state index < -0.39 is 0 Å². The van der Waals surface area contributed by atoms with Crippen molar-refractivity contribution in [2.75, 3.05) is 6.61 Å². The molecule has 0 atom stereocenters. The van der Waals surface area contributed by atoms with Crippen LogP contribution >= 0.6 is 11.6 Å². The van der Waals surface area contributed by atoms with Crippen molar-refractivity contribution in [3.8, 4) is 5.75 Å². The predicted octanol–water partition coefficient (Wildman–Crippen LogP) is 4.11. The van der Waals surface area contributed by atoms with Gasteiger partial charge in [-0.2, -0.15) is 0 Å². The molecule has 0 radical (unpaired) electrons. The smallest absolute Gasteiger partial charge is 0.170 e. The number of ketones is 1. The van der Waals surface area contributed by atoms with E-state index in [1.54, 1.807) is 24.3 Å². The second-order valence-corrected chi connectivity index (χ2v) is 5.01. The molecule has 3 heteroatoms. The fourth-order valence-corrected chi connectivity index (χ4v) is 1.68. The fraction of sp³-hybridized carbons (Fsp3) is 0.500. The van der Waals surface area contributed by atoms with Crippen LogP contribution < -0.4 is 4.74 Å². The summed E-state index contributed by atoms with van der Waals surface area (Å²) in [5.41, 5.74) is 0. The van der Waals surface area contributed by atoms with E-state index in [9.17, 15) is 4.79 Å². The summed E-state index contributed by atoms with van der Waals surface area (Å²) in [4.78, 5) is 11.5. The van der Waals surface area contributed by atoms with Gasteiger partial charge in [-0.05, 0) is 30.5 Å². The van der Waals surface area contributed by atoms with E-state index in [0.717, 1.165) is 12.8 Å². The normalized spacial score (nSPS) is 10.6.